The van der Waals surface area contributed by atoms with E-state index in [-0.39, 0.29) is 87.9 Å². The van der Waals surface area contributed by atoms with Gasteiger partial charge in [-0.05, 0) is 90.0 Å². The van der Waals surface area contributed by atoms with Crippen molar-refractivity contribution in [1.29, 1.82) is 0 Å². The van der Waals surface area contributed by atoms with Gasteiger partial charge in [-0.2, -0.15) is 18.2 Å². The van der Waals surface area contributed by atoms with E-state index < -0.39 is 78.6 Å². The summed E-state index contributed by atoms with van der Waals surface area (Å²) >= 11 is 0. The summed E-state index contributed by atoms with van der Waals surface area (Å²) in [5, 5.41) is 1.95. The Hall–Kier alpha value is -8.11. The Morgan fingerprint density at radius 2 is 1.19 bits per heavy atom. The van der Waals surface area contributed by atoms with E-state index in [4.69, 9.17) is 19.3 Å². The predicted octanol–water partition coefficient (Wildman–Crippen LogP) is 14.9. The van der Waals surface area contributed by atoms with E-state index in [0.717, 1.165) is 38.8 Å². The minimum absolute atomic E-state index is 0. The zero-order chi connectivity index (χ0) is 56.4. The van der Waals surface area contributed by atoms with E-state index in [1.54, 1.807) is 63.7 Å². The molecule has 0 fully saturated rings. The molecule has 2 aliphatic rings. The Bertz CT molecular complexity index is 4810. The van der Waals surface area contributed by atoms with Gasteiger partial charge in [-0.1, -0.05) is 177 Å². The summed E-state index contributed by atoms with van der Waals surface area (Å²) < 4.78 is 130. The van der Waals surface area contributed by atoms with Crippen LogP contribution in [0.15, 0.2) is 206 Å². The average molecular weight is 1080 g/mol. The van der Waals surface area contributed by atoms with Crippen LogP contribution in [-0.2, 0) is 26.5 Å². The maximum atomic E-state index is 9.56. The molecule has 14 rings (SSSR count). The first-order valence-corrected chi connectivity index (χ1v) is 22.1. The number of hydrogen-bond acceptors (Lipinski definition) is 2. The van der Waals surface area contributed by atoms with Crippen LogP contribution in [0.25, 0.3) is 106 Å². The molecule has 1 aliphatic carbocycles. The summed E-state index contributed by atoms with van der Waals surface area (Å²) in [6, 6.07) is 37.0. The zero-order valence-corrected chi connectivity index (χ0v) is 38.9. The van der Waals surface area contributed by atoms with Crippen LogP contribution in [0.2, 0.25) is 0 Å². The van der Waals surface area contributed by atoms with Crippen LogP contribution in [0, 0.1) is 18.5 Å². The average Bonchev–Trinajstić information content (AvgIpc) is 4.25. The van der Waals surface area contributed by atoms with Gasteiger partial charge in [0.2, 0.25) is 0 Å². The van der Waals surface area contributed by atoms with Gasteiger partial charge in [0.25, 0.3) is 6.33 Å². The summed E-state index contributed by atoms with van der Waals surface area (Å²) in [5.74, 6) is 1.37. The molecule has 69 heavy (non-hydrogen) atoms. The van der Waals surface area contributed by atoms with Crippen LogP contribution in [0.5, 0.6) is 11.5 Å². The van der Waals surface area contributed by atoms with Gasteiger partial charge in [0.1, 0.15) is 5.82 Å². The molecule has 0 amide bonds. The van der Waals surface area contributed by atoms with Gasteiger partial charge < -0.3 is 13.9 Å². The fourth-order valence-corrected chi connectivity index (χ4v) is 10.3. The van der Waals surface area contributed by atoms with E-state index in [1.165, 1.54) is 11.1 Å². The van der Waals surface area contributed by atoms with Gasteiger partial charge >= 0.3 is 0 Å². The van der Waals surface area contributed by atoms with E-state index in [1.807, 2.05) is 30.5 Å². The molecule has 1 aliphatic heterocycles. The normalized spacial score (nSPS) is 15.4. The molecule has 0 radical (unpaired) electrons. The summed E-state index contributed by atoms with van der Waals surface area (Å²) in [4.78, 5) is 5.08. The fraction of sp³-hybridized carbons (Fsp3) is 0.0476. The molecule has 0 saturated carbocycles. The molecule has 0 bridgehead atoms. The van der Waals surface area contributed by atoms with E-state index >= 15 is 0 Å². The van der Waals surface area contributed by atoms with Crippen molar-refractivity contribution in [3.05, 3.63) is 236 Å². The maximum absolute atomic E-state index is 9.56. The fourth-order valence-electron chi connectivity index (χ4n) is 10.3. The molecule has 4 heterocycles. The number of aromatic nitrogens is 4. The van der Waals surface area contributed by atoms with Crippen molar-refractivity contribution in [3.8, 4) is 84.3 Å². The summed E-state index contributed by atoms with van der Waals surface area (Å²) in [6.45, 7) is 4.44. The first-order chi connectivity index (χ1) is 38.9. The molecule has 0 atom stereocenters. The second-order valence-corrected chi connectivity index (χ2v) is 17.3. The van der Waals surface area contributed by atoms with Crippen LogP contribution < -0.4 is 9.30 Å². The summed E-state index contributed by atoms with van der Waals surface area (Å²) in [7, 11) is 0. The standard InChI is InChI=1S/C63H40N4O.Pt/c1-63(2)55-30-12-10-25-49(55)54-37-60(64-38-56(54)63)67-57-31-13-11-26-50(57)51-34-33-43(36-59(51)67)68-42-20-14-19-41(35-42)65-39-66-61-44(40-17-4-3-5-18-40)27-15-28-52(61)47-23-8-6-21-45(47)46-22-7-9-24-48(46)53-29-16-32-58(65)62(53)66;/h3-34,37-38H,1-2H3;/q-2;/i3D,4D,5D,6D,7D,8D,9D,17D,18D,21D,22D,23D,24D;. The Labute approximate surface area is 432 Å². The SMILES string of the molecule is [2H]c1c([2H])c([2H])c(-c2cccc3c2-[n+]2[c-]n(-c4[c-]c(Oc5[c-]c6c(cc5)c5ccccc5n6-c5cc6c(cn5)C(C)(C)c5ccccc5-6)ccc4)c4cccc(c42)-c2c([2H])c([2H])c([2H])c([2H])c2-c2c([2H])c([2H])c([2H])c([2H])c2-3)c([2H])c1[2H].[Pt]. The van der Waals surface area contributed by atoms with Gasteiger partial charge in [0, 0.05) is 49.7 Å². The van der Waals surface area contributed by atoms with Gasteiger partial charge in [-0.3, -0.25) is 4.57 Å². The van der Waals surface area contributed by atoms with Crippen molar-refractivity contribution in [1.82, 2.24) is 14.1 Å². The smallest absolute Gasteiger partial charge is 0.268 e. The number of para-hydroxylation sites is 3. The molecule has 3 aromatic heterocycles. The molecule has 0 saturated heterocycles. The third-order valence-electron chi connectivity index (χ3n) is 13.3. The Morgan fingerprint density at radius 1 is 0.551 bits per heavy atom. The minimum Gasteiger partial charge on any atom is -0.510 e. The monoisotopic (exact) mass is 1080 g/mol. The first-order valence-electron chi connectivity index (χ1n) is 28.6. The van der Waals surface area contributed by atoms with Crippen LogP contribution >= 0.6 is 0 Å². The van der Waals surface area contributed by atoms with E-state index in [0.29, 0.717) is 17.0 Å². The topological polar surface area (TPSA) is 35.9 Å². The first kappa shape index (κ1) is 29.6. The molecule has 330 valence electrons. The van der Waals surface area contributed by atoms with Gasteiger partial charge in [0.05, 0.1) is 34.5 Å². The molecular formula is C63H40N4OPt-2. The molecule has 9 aromatic carbocycles. The number of imidazole rings is 1. The Morgan fingerprint density at radius 3 is 2.01 bits per heavy atom. The van der Waals surface area contributed by atoms with Crippen LogP contribution in [0.1, 0.15) is 42.8 Å². The molecule has 6 heteroatoms. The number of rotatable bonds is 5. The molecule has 0 spiro atoms. The number of ether oxygens (including phenoxy) is 1. The number of fused-ring (bicyclic) bond motifs is 13. The van der Waals surface area contributed by atoms with Crippen molar-refractivity contribution in [3.63, 3.8) is 0 Å². The van der Waals surface area contributed by atoms with E-state index in [2.05, 4.69) is 79.3 Å². The van der Waals surface area contributed by atoms with Gasteiger partial charge in [-0.25, -0.2) is 4.98 Å². The Balaban J connectivity index is 0.00000631. The second kappa shape index (κ2) is 15.7. The van der Waals surface area contributed by atoms with Crippen LogP contribution in [-0.4, -0.2) is 14.1 Å². The molecule has 12 aromatic rings. The van der Waals surface area contributed by atoms with Crippen molar-refractivity contribution < 1.29 is 48.2 Å². The predicted molar refractivity (Wildman–Crippen MR) is 273 cm³/mol. The third-order valence-corrected chi connectivity index (χ3v) is 13.3. The molecule has 0 N–H and O–H groups in total. The Kier molecular flexibility index (Phi) is 6.75. The summed E-state index contributed by atoms with van der Waals surface area (Å²) in [5.41, 5.74) is 6.78. The molecule has 5 nitrogen and oxygen atoms in total. The maximum Gasteiger partial charge on any atom is 0.268 e. The molecule has 0 unspecified atom stereocenters. The second-order valence-electron chi connectivity index (χ2n) is 17.3. The van der Waals surface area contributed by atoms with Crippen LogP contribution in [0.3, 0.4) is 0 Å². The largest absolute Gasteiger partial charge is 0.510 e. The van der Waals surface area contributed by atoms with Crippen molar-refractivity contribution >= 4 is 32.8 Å². The minimum atomic E-state index is -0.647. The quantitative estimate of drug-likeness (QED) is 0.127. The van der Waals surface area contributed by atoms with Gasteiger partial charge in [0.15, 0.2) is 0 Å². The molecular weight excluding hydrogens is 1020 g/mol. The van der Waals surface area contributed by atoms with Crippen LogP contribution in [0.4, 0.5) is 0 Å². The van der Waals surface area contributed by atoms with Gasteiger partial charge in [-0.15, -0.1) is 29.7 Å². The van der Waals surface area contributed by atoms with Crippen molar-refractivity contribution in [2.45, 2.75) is 19.3 Å². The number of hydrogen-bond donors (Lipinski definition) is 0. The number of nitrogens with zero attached hydrogens (tertiary/aromatic N) is 4. The zero-order valence-electron chi connectivity index (χ0n) is 49.6. The number of benzene rings is 9. The van der Waals surface area contributed by atoms with Crippen molar-refractivity contribution in [2.75, 3.05) is 0 Å². The van der Waals surface area contributed by atoms with Crippen molar-refractivity contribution in [2.24, 2.45) is 0 Å². The third kappa shape index (κ3) is 6.20. The van der Waals surface area contributed by atoms with E-state index in [9.17, 15) is 8.22 Å². The summed E-state index contributed by atoms with van der Waals surface area (Å²) in [6.07, 6.45) is 5.42. The number of pyridine rings is 1.